The van der Waals surface area contributed by atoms with Crippen LogP contribution in [0.25, 0.3) is 0 Å². The van der Waals surface area contributed by atoms with Gasteiger partial charge in [0.25, 0.3) is 0 Å². The summed E-state index contributed by atoms with van der Waals surface area (Å²) in [7, 11) is 0. The first-order valence-electron chi connectivity index (χ1n) is 3.83. The highest BCUT2D eigenvalue weighted by Crippen LogP contribution is 2.25. The van der Waals surface area contributed by atoms with Crippen molar-refractivity contribution >= 4 is 15.9 Å². The Morgan fingerprint density at radius 2 is 2.00 bits per heavy atom. The van der Waals surface area contributed by atoms with Crippen LogP contribution in [0.3, 0.4) is 0 Å². The molecule has 0 atom stereocenters. The number of ether oxygens (including phenoxy) is 1. The molecule has 0 aliphatic rings. The summed E-state index contributed by atoms with van der Waals surface area (Å²) in [6, 6.07) is 4.27. The lowest BCUT2D eigenvalue weighted by Crippen LogP contribution is -2.17. The molecule has 0 radical (unpaired) electrons. The fraction of sp³-hybridized carbons (Fsp3) is 0.333. The maximum Gasteiger partial charge on any atom is 0.573 e. The van der Waals surface area contributed by atoms with Gasteiger partial charge in [0, 0.05) is 5.33 Å². The Morgan fingerprint density at radius 3 is 2.43 bits per heavy atom. The second kappa shape index (κ2) is 4.21. The quantitative estimate of drug-likeness (QED) is 0.742. The van der Waals surface area contributed by atoms with Crippen LogP contribution in [-0.2, 0) is 5.33 Å². The van der Waals surface area contributed by atoms with Crippen molar-refractivity contribution in [3.05, 3.63) is 29.3 Å². The molecule has 0 amide bonds. The first kappa shape index (κ1) is 11.4. The SMILES string of the molecule is Cc1cc(OC(F)(F)F)ccc1CBr. The van der Waals surface area contributed by atoms with Crippen molar-refractivity contribution < 1.29 is 17.9 Å². The molecule has 0 N–H and O–H groups in total. The third-order valence-electron chi connectivity index (χ3n) is 1.69. The van der Waals surface area contributed by atoms with E-state index < -0.39 is 6.36 Å². The van der Waals surface area contributed by atoms with E-state index in [9.17, 15) is 13.2 Å². The molecule has 1 aromatic carbocycles. The number of benzene rings is 1. The van der Waals surface area contributed by atoms with Gasteiger partial charge in [0.1, 0.15) is 5.75 Å². The fourth-order valence-electron chi connectivity index (χ4n) is 1.02. The minimum absolute atomic E-state index is 0.181. The van der Waals surface area contributed by atoms with E-state index in [4.69, 9.17) is 0 Å². The van der Waals surface area contributed by atoms with Crippen molar-refractivity contribution in [1.82, 2.24) is 0 Å². The third-order valence-corrected chi connectivity index (χ3v) is 2.30. The minimum atomic E-state index is -4.62. The first-order chi connectivity index (χ1) is 6.42. The maximum absolute atomic E-state index is 11.8. The van der Waals surface area contributed by atoms with E-state index in [0.29, 0.717) is 5.33 Å². The van der Waals surface area contributed by atoms with Crippen molar-refractivity contribution in [1.29, 1.82) is 0 Å². The van der Waals surface area contributed by atoms with E-state index in [1.807, 2.05) is 0 Å². The monoisotopic (exact) mass is 268 g/mol. The molecule has 0 heterocycles. The van der Waals surface area contributed by atoms with Crippen LogP contribution in [0.15, 0.2) is 18.2 Å². The van der Waals surface area contributed by atoms with Crippen molar-refractivity contribution in [2.75, 3.05) is 0 Å². The normalized spacial score (nSPS) is 11.5. The summed E-state index contributed by atoms with van der Waals surface area (Å²) in [5.41, 5.74) is 1.71. The molecule has 0 aliphatic carbocycles. The molecule has 0 aliphatic heterocycles. The van der Waals surface area contributed by atoms with Crippen molar-refractivity contribution in [3.63, 3.8) is 0 Å². The van der Waals surface area contributed by atoms with Crippen LogP contribution < -0.4 is 4.74 Å². The summed E-state index contributed by atoms with van der Waals surface area (Å²) < 4.78 is 39.2. The number of halogens is 4. The van der Waals surface area contributed by atoms with Crippen molar-refractivity contribution in [2.45, 2.75) is 18.6 Å². The lowest BCUT2D eigenvalue weighted by atomic mass is 10.1. The van der Waals surface area contributed by atoms with Gasteiger partial charge in [0.05, 0.1) is 0 Å². The molecule has 78 valence electrons. The summed E-state index contributed by atoms with van der Waals surface area (Å²) >= 11 is 3.23. The largest absolute Gasteiger partial charge is 0.573 e. The van der Waals surface area contributed by atoms with Gasteiger partial charge in [-0.3, -0.25) is 0 Å². The number of rotatable bonds is 2. The summed E-state index contributed by atoms with van der Waals surface area (Å²) in [5, 5.41) is 0.616. The van der Waals surface area contributed by atoms with Crippen molar-refractivity contribution in [2.24, 2.45) is 0 Å². The second-order valence-corrected chi connectivity index (χ2v) is 3.33. The molecule has 0 aromatic heterocycles. The molecule has 5 heteroatoms. The van der Waals surface area contributed by atoms with Gasteiger partial charge in [-0.25, -0.2) is 0 Å². The second-order valence-electron chi connectivity index (χ2n) is 2.77. The van der Waals surface area contributed by atoms with Crippen LogP contribution >= 0.6 is 15.9 Å². The summed E-state index contributed by atoms with van der Waals surface area (Å²) in [6.07, 6.45) is -4.62. The van der Waals surface area contributed by atoms with E-state index in [1.165, 1.54) is 12.1 Å². The van der Waals surface area contributed by atoms with E-state index in [2.05, 4.69) is 20.7 Å². The lowest BCUT2D eigenvalue weighted by molar-refractivity contribution is -0.274. The highest BCUT2D eigenvalue weighted by atomic mass is 79.9. The highest BCUT2D eigenvalue weighted by molar-refractivity contribution is 9.08. The van der Waals surface area contributed by atoms with Gasteiger partial charge in [-0.1, -0.05) is 22.0 Å². The average molecular weight is 269 g/mol. The minimum Gasteiger partial charge on any atom is -0.406 e. The number of alkyl halides is 4. The Labute approximate surface area is 88.0 Å². The van der Waals surface area contributed by atoms with Crippen LogP contribution in [0.4, 0.5) is 13.2 Å². The average Bonchev–Trinajstić information content (AvgIpc) is 2.01. The molecule has 0 spiro atoms. The summed E-state index contributed by atoms with van der Waals surface area (Å²) in [6.45, 7) is 1.74. The predicted octanol–water partition coefficient (Wildman–Crippen LogP) is 3.79. The lowest BCUT2D eigenvalue weighted by Gasteiger charge is -2.10. The summed E-state index contributed by atoms with van der Waals surface area (Å²) in [5.74, 6) is -0.181. The molecule has 0 bridgehead atoms. The molecular formula is C9H8BrF3O. The molecule has 0 saturated carbocycles. The molecule has 1 rings (SSSR count). The van der Waals surface area contributed by atoms with E-state index in [1.54, 1.807) is 13.0 Å². The van der Waals surface area contributed by atoms with Gasteiger partial charge in [0.15, 0.2) is 0 Å². The molecule has 1 nitrogen and oxygen atoms in total. The maximum atomic E-state index is 11.8. The molecule has 1 aromatic rings. The standard InChI is InChI=1S/C9H8BrF3O/c1-6-4-8(14-9(11,12)13)3-2-7(6)5-10/h2-4H,5H2,1H3. The fourth-order valence-corrected chi connectivity index (χ4v) is 1.64. The Balaban J connectivity index is 2.87. The van der Waals surface area contributed by atoms with E-state index in [0.717, 1.165) is 11.1 Å². The van der Waals surface area contributed by atoms with Crippen LogP contribution in [0.2, 0.25) is 0 Å². The Bertz CT molecular complexity index is 322. The van der Waals surface area contributed by atoms with E-state index >= 15 is 0 Å². The van der Waals surface area contributed by atoms with Crippen LogP contribution in [0.5, 0.6) is 5.75 Å². The topological polar surface area (TPSA) is 9.23 Å². The highest BCUT2D eigenvalue weighted by Gasteiger charge is 2.31. The zero-order chi connectivity index (χ0) is 10.8. The van der Waals surface area contributed by atoms with Gasteiger partial charge in [-0.2, -0.15) is 0 Å². The smallest absolute Gasteiger partial charge is 0.406 e. The van der Waals surface area contributed by atoms with Crippen LogP contribution in [0.1, 0.15) is 11.1 Å². The number of hydrogen-bond acceptors (Lipinski definition) is 1. The van der Waals surface area contributed by atoms with Crippen LogP contribution in [-0.4, -0.2) is 6.36 Å². The number of hydrogen-bond donors (Lipinski definition) is 0. The zero-order valence-electron chi connectivity index (χ0n) is 7.36. The first-order valence-corrected chi connectivity index (χ1v) is 4.96. The number of aryl methyl sites for hydroxylation is 1. The van der Waals surface area contributed by atoms with Crippen molar-refractivity contribution in [3.8, 4) is 5.75 Å². The van der Waals surface area contributed by atoms with Gasteiger partial charge in [0.2, 0.25) is 0 Å². The Kier molecular flexibility index (Phi) is 3.42. The molecule has 0 unspecified atom stereocenters. The predicted molar refractivity (Wildman–Crippen MR) is 50.5 cm³/mol. The van der Waals surface area contributed by atoms with Gasteiger partial charge in [-0.05, 0) is 30.2 Å². The molecule has 0 saturated heterocycles. The molecular weight excluding hydrogens is 261 g/mol. The van der Waals surface area contributed by atoms with Gasteiger partial charge >= 0.3 is 6.36 Å². The Hall–Kier alpha value is -0.710. The Morgan fingerprint density at radius 1 is 1.36 bits per heavy atom. The van der Waals surface area contributed by atoms with E-state index in [-0.39, 0.29) is 5.75 Å². The van der Waals surface area contributed by atoms with Gasteiger partial charge in [-0.15, -0.1) is 13.2 Å². The van der Waals surface area contributed by atoms with Gasteiger partial charge < -0.3 is 4.74 Å². The zero-order valence-corrected chi connectivity index (χ0v) is 8.95. The molecule has 14 heavy (non-hydrogen) atoms. The summed E-state index contributed by atoms with van der Waals surface area (Å²) in [4.78, 5) is 0. The third kappa shape index (κ3) is 3.21. The molecule has 0 fully saturated rings. The van der Waals surface area contributed by atoms with Crippen LogP contribution in [0, 0.1) is 6.92 Å².